The number of β-amino-alcohol motifs (C(OH)–C–C–N with tert-alkyl or cyclic N) is 1. The van der Waals surface area contributed by atoms with Crippen LogP contribution in [-0.2, 0) is 14.3 Å². The molecule has 1 rings (SSSR count). The molecule has 0 aromatic carbocycles. The molecule has 0 aliphatic carbocycles. The maximum Gasteiger partial charge on any atom is 0.329 e. The number of likely N-dealkylation sites (tertiary alicyclic amines) is 1. The number of carbonyl (C=O) groups excluding carboxylic acids is 1. The zero-order valence-corrected chi connectivity index (χ0v) is 11.6. The van der Waals surface area contributed by atoms with Crippen molar-refractivity contribution < 1.29 is 24.5 Å². The number of nitrogens with zero attached hydrogens (tertiary/aromatic N) is 1. The number of hydrogen-bond donors (Lipinski definition) is 2. The fourth-order valence-electron chi connectivity index (χ4n) is 2.09. The van der Waals surface area contributed by atoms with E-state index in [2.05, 4.69) is 0 Å². The van der Waals surface area contributed by atoms with Gasteiger partial charge < -0.3 is 19.8 Å². The molecule has 1 amide bonds. The molecule has 1 aliphatic heterocycles. The summed E-state index contributed by atoms with van der Waals surface area (Å²) < 4.78 is 4.99. The smallest absolute Gasteiger partial charge is 0.329 e. The van der Waals surface area contributed by atoms with Crippen molar-refractivity contribution in [2.45, 2.75) is 39.2 Å². The van der Waals surface area contributed by atoms with Crippen LogP contribution in [0.4, 0.5) is 0 Å². The van der Waals surface area contributed by atoms with Crippen molar-refractivity contribution in [2.24, 2.45) is 5.41 Å². The van der Waals surface area contributed by atoms with E-state index in [1.807, 2.05) is 13.8 Å². The van der Waals surface area contributed by atoms with Crippen molar-refractivity contribution in [1.82, 2.24) is 4.90 Å². The number of rotatable bonds is 7. The molecule has 1 heterocycles. The molecule has 0 spiro atoms. The predicted octanol–water partition coefficient (Wildman–Crippen LogP) is 0.487. The number of amides is 1. The first kappa shape index (κ1) is 15.9. The van der Waals surface area contributed by atoms with Gasteiger partial charge in [-0.3, -0.25) is 4.79 Å². The van der Waals surface area contributed by atoms with Gasteiger partial charge in [-0.1, -0.05) is 13.8 Å². The van der Waals surface area contributed by atoms with Gasteiger partial charge in [0.15, 0.2) is 0 Å². The van der Waals surface area contributed by atoms with Crippen molar-refractivity contribution in [2.75, 3.05) is 26.3 Å². The van der Waals surface area contributed by atoms with E-state index in [1.165, 1.54) is 0 Å². The standard InChI is InChI=1S/C13H23NO5/c1-13(2,4-6-19-9-12(17)18)7-11(16)14-5-3-10(15)8-14/h10,15H,3-9H2,1-2H3,(H,17,18). The second kappa shape index (κ2) is 6.86. The third-order valence-corrected chi connectivity index (χ3v) is 3.29. The highest BCUT2D eigenvalue weighted by Crippen LogP contribution is 2.27. The van der Waals surface area contributed by atoms with Gasteiger partial charge in [0.05, 0.1) is 6.10 Å². The Labute approximate surface area is 113 Å². The number of carbonyl (C=O) groups is 2. The Kier molecular flexibility index (Phi) is 5.75. The van der Waals surface area contributed by atoms with Crippen LogP contribution >= 0.6 is 0 Å². The van der Waals surface area contributed by atoms with Gasteiger partial charge in [-0.2, -0.15) is 0 Å². The van der Waals surface area contributed by atoms with E-state index >= 15 is 0 Å². The lowest BCUT2D eigenvalue weighted by Crippen LogP contribution is -2.33. The lowest BCUT2D eigenvalue weighted by molar-refractivity contribution is -0.143. The summed E-state index contributed by atoms with van der Waals surface area (Å²) >= 11 is 0. The molecule has 1 saturated heterocycles. The molecule has 0 aromatic heterocycles. The van der Waals surface area contributed by atoms with Crippen LogP contribution in [0.5, 0.6) is 0 Å². The van der Waals surface area contributed by atoms with E-state index in [4.69, 9.17) is 9.84 Å². The Morgan fingerprint density at radius 1 is 1.42 bits per heavy atom. The van der Waals surface area contributed by atoms with Gasteiger partial charge in [0.2, 0.25) is 5.91 Å². The number of ether oxygens (including phenoxy) is 1. The SMILES string of the molecule is CC(C)(CCOCC(=O)O)CC(=O)N1CCC(O)C1. The Morgan fingerprint density at radius 3 is 2.63 bits per heavy atom. The van der Waals surface area contributed by atoms with Gasteiger partial charge in [-0.25, -0.2) is 4.79 Å². The third-order valence-electron chi connectivity index (χ3n) is 3.29. The number of carboxylic acids is 1. The van der Waals surface area contributed by atoms with Crippen molar-refractivity contribution in [1.29, 1.82) is 0 Å². The highest BCUT2D eigenvalue weighted by molar-refractivity contribution is 5.77. The molecule has 110 valence electrons. The normalized spacial score (nSPS) is 19.7. The molecule has 2 N–H and O–H groups in total. The Balaban J connectivity index is 2.28. The van der Waals surface area contributed by atoms with Crippen LogP contribution in [0.1, 0.15) is 33.1 Å². The number of aliphatic hydroxyl groups excluding tert-OH is 1. The number of aliphatic carboxylic acids is 1. The fourth-order valence-corrected chi connectivity index (χ4v) is 2.09. The second-order valence-corrected chi connectivity index (χ2v) is 5.82. The third kappa shape index (κ3) is 6.02. The average molecular weight is 273 g/mol. The molecule has 1 fully saturated rings. The maximum atomic E-state index is 12.0. The minimum absolute atomic E-state index is 0.0415. The summed E-state index contributed by atoms with van der Waals surface area (Å²) in [5.74, 6) is -0.945. The highest BCUT2D eigenvalue weighted by atomic mass is 16.5. The molecular weight excluding hydrogens is 250 g/mol. The van der Waals surface area contributed by atoms with Crippen LogP contribution in [0.3, 0.4) is 0 Å². The van der Waals surface area contributed by atoms with Gasteiger partial charge in [-0.15, -0.1) is 0 Å². The molecule has 19 heavy (non-hydrogen) atoms. The van der Waals surface area contributed by atoms with E-state index in [9.17, 15) is 14.7 Å². The fraction of sp³-hybridized carbons (Fsp3) is 0.846. The molecular formula is C13H23NO5. The topological polar surface area (TPSA) is 87.1 Å². The van der Waals surface area contributed by atoms with Gasteiger partial charge >= 0.3 is 5.97 Å². The van der Waals surface area contributed by atoms with Gasteiger partial charge in [0.1, 0.15) is 6.61 Å². The van der Waals surface area contributed by atoms with E-state index in [1.54, 1.807) is 4.90 Å². The van der Waals surface area contributed by atoms with E-state index < -0.39 is 12.1 Å². The quantitative estimate of drug-likeness (QED) is 0.659. The number of aliphatic hydroxyl groups is 1. The lowest BCUT2D eigenvalue weighted by atomic mass is 9.85. The summed E-state index contributed by atoms with van der Waals surface area (Å²) in [5, 5.41) is 17.8. The molecule has 0 bridgehead atoms. The zero-order chi connectivity index (χ0) is 14.5. The summed E-state index contributed by atoms with van der Waals surface area (Å²) in [4.78, 5) is 24.0. The minimum atomic E-state index is -0.986. The largest absolute Gasteiger partial charge is 0.480 e. The summed E-state index contributed by atoms with van der Waals surface area (Å²) in [5.41, 5.74) is -0.233. The first-order chi connectivity index (χ1) is 8.80. The van der Waals surface area contributed by atoms with Crippen LogP contribution in [0.25, 0.3) is 0 Å². The van der Waals surface area contributed by atoms with Crippen LogP contribution in [-0.4, -0.2) is 59.4 Å². The van der Waals surface area contributed by atoms with Crippen molar-refractivity contribution in [3.05, 3.63) is 0 Å². The Morgan fingerprint density at radius 2 is 2.11 bits per heavy atom. The van der Waals surface area contributed by atoms with Gasteiger partial charge in [0.25, 0.3) is 0 Å². The Bertz CT molecular complexity index is 329. The van der Waals surface area contributed by atoms with E-state index in [0.29, 0.717) is 39.0 Å². The van der Waals surface area contributed by atoms with Crippen LogP contribution in [0.15, 0.2) is 0 Å². The van der Waals surface area contributed by atoms with Crippen molar-refractivity contribution in [3.8, 4) is 0 Å². The van der Waals surface area contributed by atoms with Crippen LogP contribution < -0.4 is 0 Å². The lowest BCUT2D eigenvalue weighted by Gasteiger charge is -2.26. The molecule has 1 unspecified atom stereocenters. The summed E-state index contributed by atoms with van der Waals surface area (Å²) in [6, 6.07) is 0. The minimum Gasteiger partial charge on any atom is -0.480 e. The molecule has 0 saturated carbocycles. The molecule has 1 atom stereocenters. The van der Waals surface area contributed by atoms with Gasteiger partial charge in [0, 0.05) is 26.1 Å². The van der Waals surface area contributed by atoms with Crippen LogP contribution in [0.2, 0.25) is 0 Å². The number of hydrogen-bond acceptors (Lipinski definition) is 4. The van der Waals surface area contributed by atoms with Crippen LogP contribution in [0, 0.1) is 5.41 Å². The van der Waals surface area contributed by atoms with Crippen molar-refractivity contribution >= 4 is 11.9 Å². The van der Waals surface area contributed by atoms with E-state index in [0.717, 1.165) is 0 Å². The average Bonchev–Trinajstić information content (AvgIpc) is 2.70. The molecule has 1 aliphatic rings. The first-order valence-electron chi connectivity index (χ1n) is 6.55. The molecule has 6 heteroatoms. The molecule has 0 radical (unpaired) electrons. The monoisotopic (exact) mass is 273 g/mol. The van der Waals surface area contributed by atoms with E-state index in [-0.39, 0.29) is 17.9 Å². The maximum absolute atomic E-state index is 12.0. The first-order valence-corrected chi connectivity index (χ1v) is 6.55. The second-order valence-electron chi connectivity index (χ2n) is 5.82. The zero-order valence-electron chi connectivity index (χ0n) is 11.6. The Hall–Kier alpha value is -1.14. The predicted molar refractivity (Wildman–Crippen MR) is 68.7 cm³/mol. The molecule has 6 nitrogen and oxygen atoms in total. The summed E-state index contributed by atoms with van der Waals surface area (Å²) in [7, 11) is 0. The summed E-state index contributed by atoms with van der Waals surface area (Å²) in [6.07, 6.45) is 1.26. The number of carboxylic acid groups (broad SMARTS) is 1. The summed E-state index contributed by atoms with van der Waals surface area (Å²) in [6.45, 7) is 4.98. The van der Waals surface area contributed by atoms with Crippen molar-refractivity contribution in [3.63, 3.8) is 0 Å². The van der Waals surface area contributed by atoms with Gasteiger partial charge in [-0.05, 0) is 18.3 Å². The highest BCUT2D eigenvalue weighted by Gasteiger charge is 2.29. The molecule has 0 aromatic rings.